The zero-order valence-corrected chi connectivity index (χ0v) is 42.6. The molecule has 1 aliphatic carbocycles. The molecule has 0 atom stereocenters. The van der Waals surface area contributed by atoms with E-state index in [2.05, 4.69) is 233 Å². The van der Waals surface area contributed by atoms with Gasteiger partial charge in [-0.15, -0.1) is 0 Å². The molecule has 11 aromatic carbocycles. The van der Waals surface area contributed by atoms with Crippen molar-refractivity contribution in [3.05, 3.63) is 222 Å². The molecular weight excluding hydrogens is 867 g/mol. The molecule has 0 N–H and O–H groups in total. The van der Waals surface area contributed by atoms with Gasteiger partial charge in [0, 0.05) is 21.9 Å². The van der Waals surface area contributed by atoms with E-state index in [1.165, 1.54) is 178 Å². The van der Waals surface area contributed by atoms with Crippen LogP contribution in [0.3, 0.4) is 0 Å². The highest BCUT2D eigenvalue weighted by atomic mass is 15.1. The van der Waals surface area contributed by atoms with Gasteiger partial charge in [-0.2, -0.15) is 0 Å². The largest absolute Gasteiger partial charge is 0.309 e. The van der Waals surface area contributed by atoms with E-state index in [4.69, 9.17) is 0 Å². The molecule has 0 radical (unpaired) electrons. The van der Waals surface area contributed by atoms with Gasteiger partial charge in [0.1, 0.15) is 0 Å². The Bertz CT molecular complexity index is 3670. The third kappa shape index (κ3) is 7.68. The van der Waals surface area contributed by atoms with E-state index < -0.39 is 0 Å². The molecule has 72 heavy (non-hydrogen) atoms. The maximum Gasteiger partial charge on any atom is 0.0540 e. The van der Waals surface area contributed by atoms with Gasteiger partial charge in [-0.25, -0.2) is 0 Å². The van der Waals surface area contributed by atoms with Crippen LogP contribution in [0.25, 0.3) is 87.2 Å². The fraction of sp³-hybridized carbons (Fsp3) is 0.211. The summed E-state index contributed by atoms with van der Waals surface area (Å²) in [7, 11) is 0. The average Bonchev–Trinajstić information content (AvgIpc) is 3.69. The summed E-state index contributed by atoms with van der Waals surface area (Å²) < 4.78 is 0. The van der Waals surface area contributed by atoms with Crippen molar-refractivity contribution in [3.63, 3.8) is 0 Å². The summed E-state index contributed by atoms with van der Waals surface area (Å²) in [5.41, 5.74) is 17.1. The van der Waals surface area contributed by atoms with Gasteiger partial charge in [0.25, 0.3) is 0 Å². The summed E-state index contributed by atoms with van der Waals surface area (Å²) in [6, 6.07) is 76.6. The lowest BCUT2D eigenvalue weighted by atomic mass is 9.70. The molecule has 354 valence electrons. The molecule has 1 heteroatoms. The summed E-state index contributed by atoms with van der Waals surface area (Å²) in [6.45, 7) is 9.18. The fourth-order valence-corrected chi connectivity index (χ4v) is 13.0. The van der Waals surface area contributed by atoms with E-state index in [1.54, 1.807) is 0 Å². The average molecular weight is 932 g/mol. The predicted molar refractivity (Wildman–Crippen MR) is 313 cm³/mol. The van der Waals surface area contributed by atoms with E-state index in [0.29, 0.717) is 0 Å². The maximum atomic E-state index is 2.67. The van der Waals surface area contributed by atoms with Crippen LogP contribution in [0, 0.1) is 13.8 Å². The Hall–Kier alpha value is -7.48. The van der Waals surface area contributed by atoms with Crippen molar-refractivity contribution in [3.8, 4) is 33.4 Å². The molecule has 0 spiro atoms. The maximum absolute atomic E-state index is 2.67. The molecule has 0 heterocycles. The van der Waals surface area contributed by atoms with Crippen LogP contribution in [0.4, 0.5) is 17.1 Å². The molecule has 11 aromatic rings. The highest BCUT2D eigenvalue weighted by molar-refractivity contribution is 6.23. The lowest BCUT2D eigenvalue weighted by molar-refractivity contribution is 0.401. The molecule has 0 unspecified atom stereocenters. The molecule has 0 fully saturated rings. The third-order valence-corrected chi connectivity index (χ3v) is 16.5. The highest BCUT2D eigenvalue weighted by Gasteiger charge is 2.43. The molecular formula is C71H65N. The zero-order valence-electron chi connectivity index (χ0n) is 42.6. The van der Waals surface area contributed by atoms with Crippen LogP contribution in [0.2, 0.25) is 0 Å². The minimum absolute atomic E-state index is 0.150. The molecule has 1 nitrogen and oxygen atoms in total. The fourth-order valence-electron chi connectivity index (χ4n) is 13.0. The van der Waals surface area contributed by atoms with Crippen molar-refractivity contribution in [2.45, 2.75) is 97.3 Å². The summed E-state index contributed by atoms with van der Waals surface area (Å²) in [5, 5.41) is 12.9. The number of hydrogen-bond donors (Lipinski definition) is 0. The van der Waals surface area contributed by atoms with Gasteiger partial charge in [0.2, 0.25) is 0 Å². The number of nitrogens with zero attached hydrogens (tertiary/aromatic N) is 1. The van der Waals surface area contributed by atoms with Gasteiger partial charge in [0.15, 0.2) is 0 Å². The minimum Gasteiger partial charge on any atom is -0.309 e. The quantitative estimate of drug-likeness (QED) is 0.0731. The number of aryl methyl sites for hydroxylation is 2. The lowest BCUT2D eigenvalue weighted by Gasteiger charge is -2.35. The van der Waals surface area contributed by atoms with Crippen LogP contribution in [0.15, 0.2) is 200 Å². The van der Waals surface area contributed by atoms with Crippen LogP contribution < -0.4 is 4.90 Å². The number of anilines is 3. The molecule has 0 saturated carbocycles. The molecule has 0 aliphatic heterocycles. The first-order chi connectivity index (χ1) is 35.5. The first kappa shape index (κ1) is 45.6. The van der Waals surface area contributed by atoms with Crippen molar-refractivity contribution in [2.75, 3.05) is 4.90 Å². The lowest BCUT2D eigenvalue weighted by Crippen LogP contribution is -2.26. The van der Waals surface area contributed by atoms with E-state index in [1.807, 2.05) is 0 Å². The van der Waals surface area contributed by atoms with Crippen LogP contribution in [-0.2, 0) is 5.41 Å². The first-order valence-electron chi connectivity index (χ1n) is 27.0. The summed E-state index contributed by atoms with van der Waals surface area (Å²) >= 11 is 0. The van der Waals surface area contributed by atoms with Crippen LogP contribution in [0.5, 0.6) is 0 Å². The number of unbranched alkanes of at least 4 members (excludes halogenated alkanes) is 6. The van der Waals surface area contributed by atoms with Gasteiger partial charge in [-0.05, 0) is 156 Å². The minimum atomic E-state index is -0.150. The Morgan fingerprint density at radius 1 is 0.347 bits per heavy atom. The van der Waals surface area contributed by atoms with Crippen LogP contribution in [0.1, 0.15) is 100 Å². The normalized spacial score (nSPS) is 12.8. The Kier molecular flexibility index (Phi) is 12.2. The van der Waals surface area contributed by atoms with E-state index >= 15 is 0 Å². The van der Waals surface area contributed by atoms with Gasteiger partial charge in [-0.3, -0.25) is 0 Å². The number of benzene rings is 11. The van der Waals surface area contributed by atoms with Gasteiger partial charge in [-0.1, -0.05) is 235 Å². The molecule has 0 saturated heterocycles. The molecule has 0 aromatic heterocycles. The second-order valence-electron chi connectivity index (χ2n) is 20.8. The van der Waals surface area contributed by atoms with Crippen molar-refractivity contribution in [2.24, 2.45) is 0 Å². The first-order valence-corrected chi connectivity index (χ1v) is 27.0. The van der Waals surface area contributed by atoms with E-state index in [-0.39, 0.29) is 5.41 Å². The Labute approximate surface area is 426 Å². The molecule has 1 aliphatic rings. The molecule has 0 amide bonds. The Morgan fingerprint density at radius 2 is 0.806 bits per heavy atom. The van der Waals surface area contributed by atoms with E-state index in [9.17, 15) is 0 Å². The van der Waals surface area contributed by atoms with Gasteiger partial charge in [0.05, 0.1) is 11.4 Å². The Morgan fingerprint density at radius 3 is 1.36 bits per heavy atom. The summed E-state index contributed by atoms with van der Waals surface area (Å²) in [6.07, 6.45) is 12.2. The zero-order chi connectivity index (χ0) is 48.8. The van der Waals surface area contributed by atoms with Crippen LogP contribution in [-0.4, -0.2) is 0 Å². The number of fused-ring (bicyclic) bond motifs is 8. The molecule has 0 bridgehead atoms. The van der Waals surface area contributed by atoms with Gasteiger partial charge < -0.3 is 4.90 Å². The van der Waals surface area contributed by atoms with Crippen molar-refractivity contribution in [1.82, 2.24) is 0 Å². The second-order valence-corrected chi connectivity index (χ2v) is 20.8. The van der Waals surface area contributed by atoms with Crippen molar-refractivity contribution in [1.29, 1.82) is 0 Å². The smallest absolute Gasteiger partial charge is 0.0540 e. The monoisotopic (exact) mass is 932 g/mol. The summed E-state index contributed by atoms with van der Waals surface area (Å²) in [4.78, 5) is 2.59. The van der Waals surface area contributed by atoms with Crippen LogP contribution >= 0.6 is 0 Å². The predicted octanol–water partition coefficient (Wildman–Crippen LogP) is 21.1. The Balaban J connectivity index is 1.10. The van der Waals surface area contributed by atoms with Gasteiger partial charge >= 0.3 is 0 Å². The van der Waals surface area contributed by atoms with Crippen molar-refractivity contribution < 1.29 is 0 Å². The standard InChI is InChI=1S/C71H65N/c1-5-7-9-21-44-71(45-22-10-8-6-2)65-46-51(69-61-31-17-19-33-63(61)70(64-34-20-18-32-62(64)69)60-35-23-25-50-24-11-12-28-55(50)60)38-40-56(65)57-41-39-52(47-66(57)71)72(67-42-36-48(3)53-26-13-15-29-58(53)67)68-43-37-49(4)54-27-14-16-30-59(54)68/h11-20,23-43,46-47H,5-10,21-22,44-45H2,1-4H3. The second kappa shape index (κ2) is 19.3. The highest BCUT2D eigenvalue weighted by Crippen LogP contribution is 2.58. The number of rotatable bonds is 15. The van der Waals surface area contributed by atoms with Crippen molar-refractivity contribution >= 4 is 70.9 Å². The number of hydrogen-bond acceptors (Lipinski definition) is 1. The third-order valence-electron chi connectivity index (χ3n) is 16.5. The van der Waals surface area contributed by atoms with E-state index in [0.717, 1.165) is 12.8 Å². The SMILES string of the molecule is CCCCCCC1(CCCCCC)c2cc(-c3c4ccccc4c(-c4cccc5ccccc45)c4ccccc34)ccc2-c2ccc(N(c3ccc(C)c4ccccc34)c3ccc(C)c4ccccc34)cc21. The topological polar surface area (TPSA) is 3.24 Å². The summed E-state index contributed by atoms with van der Waals surface area (Å²) in [5.74, 6) is 0. The molecule has 12 rings (SSSR count).